The first-order valence-electron chi connectivity index (χ1n) is 7.08. The lowest BCUT2D eigenvalue weighted by atomic mass is 10.3. The summed E-state index contributed by atoms with van der Waals surface area (Å²) in [4.78, 5) is 0.984. The molecule has 3 N–H and O–H groups in total. The third kappa shape index (κ3) is 7.17. The minimum absolute atomic E-state index is 0.0924. The van der Waals surface area contributed by atoms with Crippen LogP contribution in [0.15, 0.2) is 29.2 Å². The first-order chi connectivity index (χ1) is 10.1. The lowest BCUT2D eigenvalue weighted by Crippen LogP contribution is -2.30. The van der Waals surface area contributed by atoms with E-state index in [1.807, 2.05) is 24.3 Å². The van der Waals surface area contributed by atoms with Crippen molar-refractivity contribution in [1.82, 2.24) is 4.72 Å². The van der Waals surface area contributed by atoms with Crippen LogP contribution < -0.4 is 10.5 Å². The van der Waals surface area contributed by atoms with Gasteiger partial charge in [-0.15, -0.1) is 11.8 Å². The topological polar surface area (TPSA) is 81.4 Å². The van der Waals surface area contributed by atoms with Gasteiger partial charge in [-0.1, -0.05) is 6.07 Å². The predicted molar refractivity (Wildman–Crippen MR) is 86.9 cm³/mol. The summed E-state index contributed by atoms with van der Waals surface area (Å²) in [5.41, 5.74) is 6.37. The maximum absolute atomic E-state index is 11.8. The number of sulfonamides is 1. The Labute approximate surface area is 130 Å². The van der Waals surface area contributed by atoms with Crippen LogP contribution in [0.3, 0.4) is 0 Å². The second-order valence-electron chi connectivity index (χ2n) is 5.15. The lowest BCUT2D eigenvalue weighted by Gasteiger charge is -2.07. The molecule has 0 saturated heterocycles. The molecule has 1 saturated carbocycles. The number of thioether (sulfide) groups is 1. The number of rotatable bonds is 10. The van der Waals surface area contributed by atoms with Crippen molar-refractivity contribution >= 4 is 27.5 Å². The summed E-state index contributed by atoms with van der Waals surface area (Å²) >= 11 is 1.49. The van der Waals surface area contributed by atoms with E-state index in [0.29, 0.717) is 30.5 Å². The van der Waals surface area contributed by atoms with Crippen LogP contribution in [0.1, 0.15) is 12.8 Å². The number of nitrogens with one attached hydrogen (secondary N) is 1. The van der Waals surface area contributed by atoms with Crippen molar-refractivity contribution in [2.45, 2.75) is 17.7 Å². The van der Waals surface area contributed by atoms with Crippen molar-refractivity contribution in [2.24, 2.45) is 5.92 Å². The van der Waals surface area contributed by atoms with E-state index >= 15 is 0 Å². The maximum atomic E-state index is 11.8. The second kappa shape index (κ2) is 8.03. The van der Waals surface area contributed by atoms with Crippen molar-refractivity contribution in [3.63, 3.8) is 0 Å². The Bertz CT molecular complexity index is 545. The largest absolute Gasteiger partial charge is 0.399 e. The molecule has 0 aliphatic heterocycles. The van der Waals surface area contributed by atoms with Crippen LogP contribution in [0.4, 0.5) is 5.69 Å². The highest BCUT2D eigenvalue weighted by Gasteiger charge is 2.21. The zero-order chi connectivity index (χ0) is 15.1. The molecule has 0 aromatic heterocycles. The Balaban J connectivity index is 1.59. The monoisotopic (exact) mass is 330 g/mol. The highest BCUT2D eigenvalue weighted by atomic mass is 32.2. The van der Waals surface area contributed by atoms with Gasteiger partial charge in [-0.05, 0) is 37.0 Å². The highest BCUT2D eigenvalue weighted by molar-refractivity contribution is 8.00. The summed E-state index contributed by atoms with van der Waals surface area (Å²) in [6, 6.07) is 7.44. The number of nitrogen functional groups attached to an aromatic ring is 1. The molecular weight excluding hydrogens is 308 g/mol. The van der Waals surface area contributed by atoms with Gasteiger partial charge >= 0.3 is 0 Å². The molecule has 21 heavy (non-hydrogen) atoms. The fraction of sp³-hybridized carbons (Fsp3) is 0.571. The molecule has 1 aliphatic carbocycles. The Morgan fingerprint density at radius 1 is 1.38 bits per heavy atom. The fourth-order valence-electron chi connectivity index (χ4n) is 1.75. The SMILES string of the molecule is Nc1cccc(SCCS(=O)(=O)NCCOCC2CC2)c1. The molecule has 0 amide bonds. The van der Waals surface area contributed by atoms with Crippen LogP contribution in [-0.2, 0) is 14.8 Å². The third-order valence-electron chi connectivity index (χ3n) is 3.10. The molecule has 1 fully saturated rings. The molecule has 0 radical (unpaired) electrons. The maximum Gasteiger partial charge on any atom is 0.212 e. The summed E-state index contributed by atoms with van der Waals surface area (Å²) in [6.45, 7) is 1.54. The molecular formula is C14H22N2O3S2. The number of ether oxygens (including phenoxy) is 1. The predicted octanol–water partition coefficient (Wildman–Crippen LogP) is 1.71. The van der Waals surface area contributed by atoms with Gasteiger partial charge in [0.25, 0.3) is 0 Å². The Hall–Kier alpha value is -0.760. The van der Waals surface area contributed by atoms with E-state index in [1.54, 1.807) is 0 Å². The quantitative estimate of drug-likeness (QED) is 0.388. The smallest absolute Gasteiger partial charge is 0.212 e. The molecule has 5 nitrogen and oxygen atoms in total. The molecule has 0 unspecified atom stereocenters. The molecule has 0 bridgehead atoms. The zero-order valence-electron chi connectivity index (χ0n) is 12.0. The second-order valence-corrected chi connectivity index (χ2v) is 8.25. The van der Waals surface area contributed by atoms with Crippen molar-refractivity contribution in [1.29, 1.82) is 0 Å². The standard InChI is InChI=1S/C14H22N2O3S2/c15-13-2-1-3-14(10-13)20-8-9-21(17,18)16-6-7-19-11-12-4-5-12/h1-3,10,12,16H,4-9,11,15H2. The number of hydrogen-bond donors (Lipinski definition) is 2. The molecule has 7 heteroatoms. The van der Waals surface area contributed by atoms with Crippen molar-refractivity contribution in [3.05, 3.63) is 24.3 Å². The molecule has 0 spiro atoms. The van der Waals surface area contributed by atoms with Crippen molar-refractivity contribution < 1.29 is 13.2 Å². The molecule has 118 valence electrons. The van der Waals surface area contributed by atoms with Gasteiger partial charge < -0.3 is 10.5 Å². The van der Waals surface area contributed by atoms with Gasteiger partial charge in [0.05, 0.1) is 12.4 Å². The first-order valence-corrected chi connectivity index (χ1v) is 9.72. The average molecular weight is 330 g/mol. The van der Waals surface area contributed by atoms with E-state index in [-0.39, 0.29) is 5.75 Å². The van der Waals surface area contributed by atoms with Crippen LogP contribution in [0.5, 0.6) is 0 Å². The lowest BCUT2D eigenvalue weighted by molar-refractivity contribution is 0.129. The van der Waals surface area contributed by atoms with Gasteiger partial charge in [0, 0.05) is 29.5 Å². The van der Waals surface area contributed by atoms with Crippen LogP contribution in [-0.4, -0.2) is 39.7 Å². The molecule has 1 aromatic rings. The molecule has 0 heterocycles. The third-order valence-corrected chi connectivity index (χ3v) is 5.74. The van der Waals surface area contributed by atoms with E-state index in [4.69, 9.17) is 10.5 Å². The van der Waals surface area contributed by atoms with Crippen LogP contribution in [0.25, 0.3) is 0 Å². The fourth-order valence-corrected chi connectivity index (χ4v) is 4.13. The summed E-state index contributed by atoms with van der Waals surface area (Å²) in [6.07, 6.45) is 2.49. The Kier molecular flexibility index (Phi) is 6.35. The summed E-state index contributed by atoms with van der Waals surface area (Å²) in [5, 5.41) is 0. The molecule has 0 atom stereocenters. The van der Waals surface area contributed by atoms with E-state index < -0.39 is 10.0 Å². The summed E-state index contributed by atoms with van der Waals surface area (Å²) < 4.78 is 31.5. The van der Waals surface area contributed by atoms with Gasteiger partial charge in [-0.3, -0.25) is 0 Å². The average Bonchev–Trinajstić information content (AvgIpc) is 3.22. The zero-order valence-corrected chi connectivity index (χ0v) is 13.6. The summed E-state index contributed by atoms with van der Waals surface area (Å²) in [5.74, 6) is 1.30. The van der Waals surface area contributed by atoms with Crippen molar-refractivity contribution in [2.75, 3.05) is 37.0 Å². The molecule has 1 aromatic carbocycles. The molecule has 2 rings (SSSR count). The van der Waals surface area contributed by atoms with Gasteiger partial charge in [0.1, 0.15) is 0 Å². The normalized spacial score (nSPS) is 15.2. The van der Waals surface area contributed by atoms with Gasteiger partial charge in [0.2, 0.25) is 10.0 Å². The Morgan fingerprint density at radius 3 is 2.90 bits per heavy atom. The van der Waals surface area contributed by atoms with Crippen molar-refractivity contribution in [3.8, 4) is 0 Å². The van der Waals surface area contributed by atoms with Gasteiger partial charge in [-0.2, -0.15) is 0 Å². The minimum atomic E-state index is -3.23. The van der Waals surface area contributed by atoms with Crippen LogP contribution >= 0.6 is 11.8 Å². The van der Waals surface area contributed by atoms with E-state index in [0.717, 1.165) is 11.5 Å². The van der Waals surface area contributed by atoms with Crippen LogP contribution in [0, 0.1) is 5.92 Å². The first kappa shape index (κ1) is 16.6. The minimum Gasteiger partial charge on any atom is -0.399 e. The van der Waals surface area contributed by atoms with Crippen LogP contribution in [0.2, 0.25) is 0 Å². The number of anilines is 1. The van der Waals surface area contributed by atoms with E-state index in [2.05, 4.69) is 4.72 Å². The number of nitrogens with two attached hydrogens (primary N) is 1. The molecule has 1 aliphatic rings. The van der Waals surface area contributed by atoms with E-state index in [1.165, 1.54) is 24.6 Å². The van der Waals surface area contributed by atoms with Gasteiger partial charge in [-0.25, -0.2) is 13.1 Å². The summed E-state index contributed by atoms with van der Waals surface area (Å²) in [7, 11) is -3.23. The Morgan fingerprint density at radius 2 is 2.19 bits per heavy atom. The number of hydrogen-bond acceptors (Lipinski definition) is 5. The van der Waals surface area contributed by atoms with E-state index in [9.17, 15) is 8.42 Å². The van der Waals surface area contributed by atoms with Gasteiger partial charge in [0.15, 0.2) is 0 Å². The number of benzene rings is 1. The highest BCUT2D eigenvalue weighted by Crippen LogP contribution is 2.28.